The first kappa shape index (κ1) is 9.51. The van der Waals surface area contributed by atoms with Crippen molar-refractivity contribution >= 4 is 16.8 Å². The second-order valence-corrected chi connectivity index (χ2v) is 3.04. The van der Waals surface area contributed by atoms with E-state index in [0.717, 1.165) is 12.1 Å². The Labute approximate surface area is 83.5 Å². The Morgan fingerprint density at radius 1 is 1.27 bits per heavy atom. The van der Waals surface area contributed by atoms with Crippen LogP contribution in [0.15, 0.2) is 24.4 Å². The van der Waals surface area contributed by atoms with Gasteiger partial charge in [-0.15, -0.1) is 0 Å². The molecule has 2 aromatic rings. The van der Waals surface area contributed by atoms with Gasteiger partial charge in [-0.25, -0.2) is 8.78 Å². The predicted octanol–water partition coefficient (Wildman–Crippen LogP) is 1.61. The first-order valence-electron chi connectivity index (χ1n) is 4.12. The number of amides is 1. The van der Waals surface area contributed by atoms with Gasteiger partial charge in [0.15, 0.2) is 0 Å². The van der Waals surface area contributed by atoms with Gasteiger partial charge in [0, 0.05) is 23.7 Å². The highest BCUT2D eigenvalue weighted by atomic mass is 19.1. The molecule has 0 aliphatic rings. The van der Waals surface area contributed by atoms with Crippen LogP contribution in [-0.2, 0) is 0 Å². The van der Waals surface area contributed by atoms with E-state index in [2.05, 4.69) is 4.98 Å². The van der Waals surface area contributed by atoms with Crippen molar-refractivity contribution in [3.63, 3.8) is 0 Å². The van der Waals surface area contributed by atoms with Crippen LogP contribution in [0.25, 0.3) is 10.9 Å². The predicted molar refractivity (Wildman–Crippen MR) is 50.2 cm³/mol. The SMILES string of the molecule is NC(=O)c1cnc2cc(F)cc(F)c2c1. The standard InChI is InChI=1S/C10H6F2N2O/c11-6-2-8(12)7-1-5(10(13)15)4-14-9(7)3-6/h1-4H,(H2,13,15). The average Bonchev–Trinajstić information content (AvgIpc) is 2.16. The van der Waals surface area contributed by atoms with E-state index in [1.165, 1.54) is 12.3 Å². The van der Waals surface area contributed by atoms with Crippen molar-refractivity contribution in [1.29, 1.82) is 0 Å². The fraction of sp³-hybridized carbons (Fsp3) is 0. The number of nitrogens with two attached hydrogens (primary N) is 1. The van der Waals surface area contributed by atoms with Crippen LogP contribution in [0.4, 0.5) is 8.78 Å². The molecule has 0 saturated carbocycles. The molecule has 3 nitrogen and oxygen atoms in total. The lowest BCUT2D eigenvalue weighted by Gasteiger charge is -2.01. The zero-order chi connectivity index (χ0) is 11.0. The Balaban J connectivity index is 2.76. The number of aromatic nitrogens is 1. The van der Waals surface area contributed by atoms with E-state index in [9.17, 15) is 13.6 Å². The molecule has 0 spiro atoms. The fourth-order valence-corrected chi connectivity index (χ4v) is 1.29. The average molecular weight is 208 g/mol. The van der Waals surface area contributed by atoms with E-state index in [-0.39, 0.29) is 16.5 Å². The first-order chi connectivity index (χ1) is 7.08. The number of nitrogens with zero attached hydrogens (tertiary/aromatic N) is 1. The Hall–Kier alpha value is -2.04. The minimum Gasteiger partial charge on any atom is -0.366 e. The van der Waals surface area contributed by atoms with Crippen LogP contribution in [-0.4, -0.2) is 10.9 Å². The van der Waals surface area contributed by atoms with Gasteiger partial charge in [0.2, 0.25) is 5.91 Å². The number of hydrogen-bond acceptors (Lipinski definition) is 2. The lowest BCUT2D eigenvalue weighted by molar-refractivity contribution is 0.1000. The quantitative estimate of drug-likeness (QED) is 0.774. The lowest BCUT2D eigenvalue weighted by atomic mass is 10.1. The third-order valence-electron chi connectivity index (χ3n) is 2.00. The molecule has 0 saturated heterocycles. The number of benzene rings is 1. The van der Waals surface area contributed by atoms with E-state index in [1.807, 2.05) is 0 Å². The minimum atomic E-state index is -0.763. The van der Waals surface area contributed by atoms with Crippen LogP contribution < -0.4 is 5.73 Å². The highest BCUT2D eigenvalue weighted by Crippen LogP contribution is 2.18. The molecule has 1 heterocycles. The Morgan fingerprint density at radius 3 is 2.67 bits per heavy atom. The summed E-state index contributed by atoms with van der Waals surface area (Å²) in [7, 11) is 0. The summed E-state index contributed by atoms with van der Waals surface area (Å²) in [6.07, 6.45) is 1.18. The van der Waals surface area contributed by atoms with Crippen molar-refractivity contribution in [2.75, 3.05) is 0 Å². The fourth-order valence-electron chi connectivity index (χ4n) is 1.29. The van der Waals surface area contributed by atoms with Crippen LogP contribution in [0.3, 0.4) is 0 Å². The van der Waals surface area contributed by atoms with Gasteiger partial charge in [-0.05, 0) is 6.07 Å². The summed E-state index contributed by atoms with van der Waals surface area (Å²) in [6, 6.07) is 3.07. The molecule has 0 bridgehead atoms. The molecule has 1 aromatic carbocycles. The second kappa shape index (κ2) is 3.27. The molecule has 5 heteroatoms. The van der Waals surface area contributed by atoms with Crippen molar-refractivity contribution in [3.8, 4) is 0 Å². The highest BCUT2D eigenvalue weighted by molar-refractivity contribution is 5.96. The third-order valence-corrected chi connectivity index (χ3v) is 2.00. The smallest absolute Gasteiger partial charge is 0.250 e. The normalized spacial score (nSPS) is 10.5. The van der Waals surface area contributed by atoms with E-state index in [1.54, 1.807) is 0 Å². The number of fused-ring (bicyclic) bond motifs is 1. The Morgan fingerprint density at radius 2 is 2.00 bits per heavy atom. The molecular formula is C10H6F2N2O. The molecule has 0 unspecified atom stereocenters. The molecule has 0 radical (unpaired) electrons. The van der Waals surface area contributed by atoms with Gasteiger partial charge in [-0.1, -0.05) is 0 Å². The molecule has 15 heavy (non-hydrogen) atoms. The summed E-state index contributed by atoms with van der Waals surface area (Å²) in [4.78, 5) is 14.6. The number of primary amides is 1. The Kier molecular flexibility index (Phi) is 2.07. The first-order valence-corrected chi connectivity index (χ1v) is 4.12. The van der Waals surface area contributed by atoms with Crippen molar-refractivity contribution in [2.45, 2.75) is 0 Å². The molecular weight excluding hydrogens is 202 g/mol. The summed E-state index contributed by atoms with van der Waals surface area (Å²) in [6.45, 7) is 0. The van der Waals surface area contributed by atoms with E-state index in [0.29, 0.717) is 0 Å². The summed E-state index contributed by atoms with van der Waals surface area (Å²) >= 11 is 0. The Bertz CT molecular complexity index is 554. The van der Waals surface area contributed by atoms with Gasteiger partial charge in [0.05, 0.1) is 11.1 Å². The molecule has 0 aliphatic carbocycles. The van der Waals surface area contributed by atoms with Gasteiger partial charge >= 0.3 is 0 Å². The number of halogens is 2. The largest absolute Gasteiger partial charge is 0.366 e. The maximum atomic E-state index is 13.3. The van der Waals surface area contributed by atoms with Crippen LogP contribution in [0.2, 0.25) is 0 Å². The molecule has 1 amide bonds. The van der Waals surface area contributed by atoms with Crippen molar-refractivity contribution < 1.29 is 13.6 Å². The lowest BCUT2D eigenvalue weighted by Crippen LogP contribution is -2.11. The number of hydrogen-bond donors (Lipinski definition) is 1. The molecule has 2 rings (SSSR count). The molecule has 0 aliphatic heterocycles. The van der Waals surface area contributed by atoms with Crippen molar-refractivity contribution in [3.05, 3.63) is 41.6 Å². The zero-order valence-electron chi connectivity index (χ0n) is 7.50. The molecule has 2 N–H and O–H groups in total. The van der Waals surface area contributed by atoms with Crippen LogP contribution >= 0.6 is 0 Å². The second-order valence-electron chi connectivity index (χ2n) is 3.04. The summed E-state index contributed by atoms with van der Waals surface area (Å²) in [5.41, 5.74) is 5.25. The summed E-state index contributed by atoms with van der Waals surface area (Å²) in [5, 5.41) is 0.0766. The maximum Gasteiger partial charge on any atom is 0.250 e. The van der Waals surface area contributed by atoms with Crippen LogP contribution in [0.1, 0.15) is 10.4 Å². The molecule has 1 aromatic heterocycles. The highest BCUT2D eigenvalue weighted by Gasteiger charge is 2.08. The van der Waals surface area contributed by atoms with E-state index < -0.39 is 17.5 Å². The monoisotopic (exact) mass is 208 g/mol. The van der Waals surface area contributed by atoms with Gasteiger partial charge < -0.3 is 5.73 Å². The number of rotatable bonds is 1. The molecule has 0 atom stereocenters. The number of pyridine rings is 1. The van der Waals surface area contributed by atoms with Gasteiger partial charge in [-0.3, -0.25) is 9.78 Å². The van der Waals surface area contributed by atoms with Crippen LogP contribution in [0, 0.1) is 11.6 Å². The van der Waals surface area contributed by atoms with Crippen LogP contribution in [0.5, 0.6) is 0 Å². The molecule has 76 valence electrons. The van der Waals surface area contributed by atoms with Crippen molar-refractivity contribution in [2.24, 2.45) is 5.73 Å². The van der Waals surface area contributed by atoms with E-state index >= 15 is 0 Å². The van der Waals surface area contributed by atoms with Gasteiger partial charge in [0.25, 0.3) is 0 Å². The number of carbonyl (C=O) groups excluding carboxylic acids is 1. The minimum absolute atomic E-state index is 0.0766. The molecule has 0 fully saturated rings. The van der Waals surface area contributed by atoms with Gasteiger partial charge in [0.1, 0.15) is 11.6 Å². The summed E-state index contributed by atoms with van der Waals surface area (Å²) < 4.78 is 26.0. The summed E-state index contributed by atoms with van der Waals surface area (Å²) in [5.74, 6) is -2.17. The zero-order valence-corrected chi connectivity index (χ0v) is 7.50. The van der Waals surface area contributed by atoms with Crippen molar-refractivity contribution in [1.82, 2.24) is 4.98 Å². The topological polar surface area (TPSA) is 56.0 Å². The third kappa shape index (κ3) is 1.63. The maximum absolute atomic E-state index is 13.3. The van der Waals surface area contributed by atoms with Gasteiger partial charge in [-0.2, -0.15) is 0 Å². The number of carbonyl (C=O) groups is 1. The van der Waals surface area contributed by atoms with E-state index in [4.69, 9.17) is 5.73 Å².